The molecule has 0 aromatic heterocycles. The van der Waals surface area contributed by atoms with Gasteiger partial charge < -0.3 is 9.47 Å². The van der Waals surface area contributed by atoms with Crippen LogP contribution in [0.1, 0.15) is 18.1 Å². The van der Waals surface area contributed by atoms with Crippen molar-refractivity contribution in [3.05, 3.63) is 84.4 Å². The highest BCUT2D eigenvalue weighted by Gasteiger charge is 2.48. The molecule has 0 aliphatic carbocycles. The number of benzene rings is 2. The van der Waals surface area contributed by atoms with Gasteiger partial charge in [-0.05, 0) is 24.6 Å². The maximum Gasteiger partial charge on any atom is 0.343 e. The quantitative estimate of drug-likeness (QED) is 0.604. The lowest BCUT2D eigenvalue weighted by atomic mass is 9.96. The molecule has 2 aromatic rings. The van der Waals surface area contributed by atoms with E-state index in [4.69, 9.17) is 9.47 Å². The summed E-state index contributed by atoms with van der Waals surface area (Å²) in [6.45, 7) is 5.88. The van der Waals surface area contributed by atoms with Crippen LogP contribution in [0.3, 0.4) is 0 Å². The Morgan fingerprint density at radius 1 is 1.17 bits per heavy atom. The topological polar surface area (TPSA) is 47.9 Å². The van der Waals surface area contributed by atoms with E-state index in [0.29, 0.717) is 12.5 Å². The van der Waals surface area contributed by atoms with Gasteiger partial charge in [0.05, 0.1) is 6.61 Å². The Balaban J connectivity index is 1.80. The molecule has 1 aliphatic heterocycles. The molecule has 0 N–H and O–H groups in total. The van der Waals surface area contributed by atoms with Crippen LogP contribution in [0.5, 0.6) is 0 Å². The van der Waals surface area contributed by atoms with Gasteiger partial charge in [0.1, 0.15) is 6.10 Å². The van der Waals surface area contributed by atoms with Crippen LogP contribution >= 0.6 is 0 Å². The first-order valence-corrected chi connectivity index (χ1v) is 7.79. The van der Waals surface area contributed by atoms with E-state index < -0.39 is 17.6 Å². The minimum atomic E-state index is -1.14. The van der Waals surface area contributed by atoms with E-state index in [2.05, 4.69) is 11.6 Å². The Morgan fingerprint density at radius 2 is 1.79 bits per heavy atom. The number of hydrogen-bond donors (Lipinski definition) is 0. The first kappa shape index (κ1) is 16.1. The van der Waals surface area contributed by atoms with Crippen LogP contribution in [0.2, 0.25) is 0 Å². The average Bonchev–Trinajstić information content (AvgIpc) is 2.93. The number of hydrogen-bond acceptors (Lipinski definition) is 4. The van der Waals surface area contributed by atoms with E-state index in [1.54, 1.807) is 13.0 Å². The lowest BCUT2D eigenvalue weighted by molar-refractivity contribution is -0.142. The number of ether oxygens (including phenoxy) is 2. The van der Waals surface area contributed by atoms with Crippen molar-refractivity contribution >= 4 is 11.9 Å². The third kappa shape index (κ3) is 3.14. The van der Waals surface area contributed by atoms with Crippen molar-refractivity contribution in [3.8, 4) is 0 Å². The van der Waals surface area contributed by atoms with E-state index in [0.717, 1.165) is 11.1 Å². The largest absolute Gasteiger partial charge is 0.405 e. The van der Waals surface area contributed by atoms with Crippen molar-refractivity contribution in [1.82, 2.24) is 0 Å². The van der Waals surface area contributed by atoms with Crippen LogP contribution in [0, 0.1) is 0 Å². The van der Waals surface area contributed by atoms with Crippen molar-refractivity contribution in [2.24, 2.45) is 4.99 Å². The molecule has 0 spiro atoms. The molecule has 2 aromatic carbocycles. The predicted octanol–water partition coefficient (Wildman–Crippen LogP) is 3.52. The van der Waals surface area contributed by atoms with Crippen molar-refractivity contribution in [3.63, 3.8) is 0 Å². The summed E-state index contributed by atoms with van der Waals surface area (Å²) in [7, 11) is 0. The van der Waals surface area contributed by atoms with Crippen molar-refractivity contribution in [2.75, 3.05) is 0 Å². The molecule has 0 fully saturated rings. The van der Waals surface area contributed by atoms with Crippen LogP contribution in [0.4, 0.5) is 0 Å². The number of rotatable bonds is 6. The van der Waals surface area contributed by atoms with Gasteiger partial charge in [-0.3, -0.25) is 0 Å². The summed E-state index contributed by atoms with van der Waals surface area (Å²) >= 11 is 0. The molecule has 24 heavy (non-hydrogen) atoms. The number of esters is 1. The molecule has 122 valence electrons. The predicted molar refractivity (Wildman–Crippen MR) is 92.7 cm³/mol. The molecule has 1 aliphatic rings. The normalized spacial score (nSPS) is 21.0. The zero-order valence-electron chi connectivity index (χ0n) is 13.5. The molecule has 1 heterocycles. The van der Waals surface area contributed by atoms with Gasteiger partial charge in [0, 0.05) is 5.56 Å². The number of carbonyl (C=O) groups excluding carboxylic acids is 1. The second-order valence-electron chi connectivity index (χ2n) is 5.77. The second-order valence-corrected chi connectivity index (χ2v) is 5.77. The van der Waals surface area contributed by atoms with Crippen LogP contribution in [-0.2, 0) is 20.9 Å². The molecule has 0 saturated carbocycles. The number of nitrogens with zero attached hydrogens (tertiary/aromatic N) is 1. The molecular weight excluding hydrogens is 302 g/mol. The molecular formula is C20H19NO3. The third-order valence-corrected chi connectivity index (χ3v) is 4.00. The summed E-state index contributed by atoms with van der Waals surface area (Å²) in [6.07, 6.45) is 1.02. The maximum absolute atomic E-state index is 12.4. The van der Waals surface area contributed by atoms with E-state index in [-0.39, 0.29) is 0 Å². The van der Waals surface area contributed by atoms with Crippen LogP contribution in [0.25, 0.3) is 0 Å². The van der Waals surface area contributed by atoms with Gasteiger partial charge in [0.2, 0.25) is 5.90 Å². The fraction of sp³-hybridized carbons (Fsp3) is 0.200. The molecule has 2 atom stereocenters. The zero-order valence-corrected chi connectivity index (χ0v) is 13.5. The smallest absolute Gasteiger partial charge is 0.343 e. The summed E-state index contributed by atoms with van der Waals surface area (Å²) in [4.78, 5) is 16.9. The first-order valence-electron chi connectivity index (χ1n) is 7.79. The number of carbonyl (C=O) groups is 1. The Kier molecular flexibility index (Phi) is 4.58. The van der Waals surface area contributed by atoms with Crippen LogP contribution < -0.4 is 0 Å². The van der Waals surface area contributed by atoms with Gasteiger partial charge in [0.15, 0.2) is 5.54 Å². The fourth-order valence-electron chi connectivity index (χ4n) is 2.57. The highest BCUT2D eigenvalue weighted by Crippen LogP contribution is 2.29. The lowest BCUT2D eigenvalue weighted by Gasteiger charge is -2.25. The monoisotopic (exact) mass is 321 g/mol. The highest BCUT2D eigenvalue weighted by molar-refractivity contribution is 6.08. The Labute approximate surface area is 141 Å². The molecule has 0 saturated heterocycles. The lowest BCUT2D eigenvalue weighted by Crippen LogP contribution is -2.43. The van der Waals surface area contributed by atoms with E-state index in [1.165, 1.54) is 0 Å². The first-order chi connectivity index (χ1) is 11.6. The Morgan fingerprint density at radius 3 is 2.42 bits per heavy atom. The van der Waals surface area contributed by atoms with Crippen molar-refractivity contribution < 1.29 is 14.3 Å². The van der Waals surface area contributed by atoms with Gasteiger partial charge in [-0.25, -0.2) is 9.79 Å². The summed E-state index contributed by atoms with van der Waals surface area (Å²) in [6, 6.07) is 19.1. The molecule has 0 radical (unpaired) electrons. The van der Waals surface area contributed by atoms with E-state index in [9.17, 15) is 4.79 Å². The number of aliphatic imine (C=N–C) groups is 1. The maximum atomic E-state index is 12.4. The standard InChI is InChI=1S/C20H19NO3/c1-3-17(23-14-15-10-6-4-7-11-15)20(2)19(22)24-18(21-20)16-12-8-5-9-13-16/h3-13,17H,1,14H2,2H3/t17-,20+/m1/s1. The van der Waals surface area contributed by atoms with Gasteiger partial charge >= 0.3 is 5.97 Å². The van der Waals surface area contributed by atoms with Gasteiger partial charge in [0.25, 0.3) is 0 Å². The van der Waals surface area contributed by atoms with Gasteiger partial charge in [-0.2, -0.15) is 0 Å². The minimum absolute atomic E-state index is 0.318. The minimum Gasteiger partial charge on any atom is -0.405 e. The van der Waals surface area contributed by atoms with E-state index in [1.807, 2.05) is 60.7 Å². The summed E-state index contributed by atoms with van der Waals surface area (Å²) in [5, 5.41) is 0. The Bertz CT molecular complexity index is 755. The number of cyclic esters (lactones) is 1. The molecule has 0 bridgehead atoms. The summed E-state index contributed by atoms with van der Waals surface area (Å²) in [5.41, 5.74) is 0.647. The van der Waals surface area contributed by atoms with Crippen LogP contribution in [0.15, 0.2) is 78.3 Å². The van der Waals surface area contributed by atoms with E-state index >= 15 is 0 Å². The van der Waals surface area contributed by atoms with Gasteiger partial charge in [-0.15, -0.1) is 6.58 Å². The summed E-state index contributed by atoms with van der Waals surface area (Å²) < 4.78 is 11.3. The highest BCUT2D eigenvalue weighted by atomic mass is 16.6. The molecule has 0 unspecified atom stereocenters. The molecule has 3 rings (SSSR count). The molecule has 0 amide bonds. The second kappa shape index (κ2) is 6.81. The fourth-order valence-corrected chi connectivity index (χ4v) is 2.57. The molecule has 4 heteroatoms. The van der Waals surface area contributed by atoms with Crippen LogP contribution in [-0.4, -0.2) is 23.5 Å². The average molecular weight is 321 g/mol. The summed E-state index contributed by atoms with van der Waals surface area (Å²) in [5.74, 6) is -0.113. The third-order valence-electron chi connectivity index (χ3n) is 4.00. The zero-order chi connectivity index (χ0) is 17.0. The SMILES string of the molecule is C=C[C@@H](OCc1ccccc1)[C@]1(C)N=C(c2ccccc2)OC1=O. The van der Waals surface area contributed by atoms with Gasteiger partial charge in [-0.1, -0.05) is 54.6 Å². The molecule has 4 nitrogen and oxygen atoms in total. The van der Waals surface area contributed by atoms with Crippen molar-refractivity contribution in [1.29, 1.82) is 0 Å². The van der Waals surface area contributed by atoms with Crippen molar-refractivity contribution in [2.45, 2.75) is 25.2 Å². The Hall–Kier alpha value is -2.72.